The van der Waals surface area contributed by atoms with Crippen LogP contribution < -0.4 is 21.9 Å². The normalized spacial score (nSPS) is 14.4. The fourth-order valence-corrected chi connectivity index (χ4v) is 2.12. The van der Waals surface area contributed by atoms with E-state index in [0.717, 1.165) is 13.0 Å². The Morgan fingerprint density at radius 3 is 2.45 bits per heavy atom. The topological polar surface area (TPSA) is 82.3 Å². The van der Waals surface area contributed by atoms with Gasteiger partial charge in [0.1, 0.15) is 0 Å². The largest absolute Gasteiger partial charge is 0.395 e. The summed E-state index contributed by atoms with van der Waals surface area (Å²) in [5, 5.41) is 12.7. The lowest BCUT2D eigenvalue weighted by Gasteiger charge is -2.26. The third-order valence-electron chi connectivity index (χ3n) is 3.39. The third-order valence-corrected chi connectivity index (χ3v) is 3.39. The van der Waals surface area contributed by atoms with Crippen molar-refractivity contribution < 1.29 is 5.11 Å². The Labute approximate surface area is 121 Å². The molecule has 0 aliphatic heterocycles. The van der Waals surface area contributed by atoms with Gasteiger partial charge in [-0.1, -0.05) is 44.2 Å². The van der Waals surface area contributed by atoms with Gasteiger partial charge >= 0.3 is 0 Å². The van der Waals surface area contributed by atoms with Gasteiger partial charge in [-0.2, -0.15) is 0 Å². The molecule has 20 heavy (non-hydrogen) atoms. The molecule has 0 radical (unpaired) electrons. The average Bonchev–Trinajstić information content (AvgIpc) is 2.46. The highest BCUT2D eigenvalue weighted by Crippen LogP contribution is 2.08. The smallest absolute Gasteiger partial charge is 0.0598 e. The zero-order chi connectivity index (χ0) is 14.8. The van der Waals surface area contributed by atoms with Crippen LogP contribution in [0.1, 0.15) is 25.8 Å². The molecular weight excluding hydrogens is 252 g/mol. The SMILES string of the molecule is CC(C)C(C[C@H](CO)NNCc1ccccc1)NCN. The zero-order valence-corrected chi connectivity index (χ0v) is 12.5. The van der Waals surface area contributed by atoms with Crippen molar-refractivity contribution in [2.75, 3.05) is 13.3 Å². The second kappa shape index (κ2) is 9.85. The third kappa shape index (κ3) is 6.45. The Hall–Kier alpha value is -0.980. The predicted octanol–water partition coefficient (Wildman–Crippen LogP) is 0.562. The highest BCUT2D eigenvalue weighted by atomic mass is 16.3. The summed E-state index contributed by atoms with van der Waals surface area (Å²) in [6, 6.07) is 10.5. The fraction of sp³-hybridized carbons (Fsp3) is 0.600. The molecule has 5 nitrogen and oxygen atoms in total. The lowest BCUT2D eigenvalue weighted by molar-refractivity contribution is 0.200. The number of hydrazine groups is 1. The van der Waals surface area contributed by atoms with Gasteiger partial charge in [-0.3, -0.25) is 10.9 Å². The number of nitrogens with two attached hydrogens (primary N) is 1. The lowest BCUT2D eigenvalue weighted by atomic mass is 9.97. The molecule has 0 aliphatic carbocycles. The summed E-state index contributed by atoms with van der Waals surface area (Å²) in [5.41, 5.74) is 13.1. The van der Waals surface area contributed by atoms with Crippen molar-refractivity contribution in [1.29, 1.82) is 0 Å². The Balaban J connectivity index is 2.34. The molecule has 0 saturated carbocycles. The van der Waals surface area contributed by atoms with E-state index in [1.807, 2.05) is 18.2 Å². The maximum atomic E-state index is 9.46. The van der Waals surface area contributed by atoms with Crippen molar-refractivity contribution >= 4 is 0 Å². The summed E-state index contributed by atoms with van der Waals surface area (Å²) in [6.45, 7) is 5.59. The molecule has 1 aromatic rings. The Bertz CT molecular complexity index is 345. The number of nitrogens with one attached hydrogen (secondary N) is 3. The van der Waals surface area contributed by atoms with Gasteiger partial charge in [0.15, 0.2) is 0 Å². The van der Waals surface area contributed by atoms with E-state index in [2.05, 4.69) is 42.1 Å². The number of hydrogen-bond donors (Lipinski definition) is 5. The number of hydrogen-bond acceptors (Lipinski definition) is 5. The van der Waals surface area contributed by atoms with Gasteiger partial charge in [0.25, 0.3) is 0 Å². The first-order chi connectivity index (χ1) is 9.67. The molecule has 6 N–H and O–H groups in total. The van der Waals surface area contributed by atoms with E-state index in [-0.39, 0.29) is 12.6 Å². The van der Waals surface area contributed by atoms with Gasteiger partial charge in [0.05, 0.1) is 6.61 Å². The van der Waals surface area contributed by atoms with Crippen LogP contribution >= 0.6 is 0 Å². The first-order valence-corrected chi connectivity index (χ1v) is 7.24. The van der Waals surface area contributed by atoms with Gasteiger partial charge < -0.3 is 16.2 Å². The first kappa shape index (κ1) is 17.1. The molecule has 114 valence electrons. The minimum Gasteiger partial charge on any atom is -0.395 e. The van der Waals surface area contributed by atoms with Gasteiger partial charge in [0, 0.05) is 25.3 Å². The molecule has 5 heteroatoms. The van der Waals surface area contributed by atoms with Crippen LogP contribution in [0.25, 0.3) is 0 Å². The van der Waals surface area contributed by atoms with E-state index < -0.39 is 0 Å². The van der Waals surface area contributed by atoms with Crippen molar-refractivity contribution in [3.63, 3.8) is 0 Å². The number of benzene rings is 1. The molecule has 2 atom stereocenters. The van der Waals surface area contributed by atoms with Crippen LogP contribution in [0.15, 0.2) is 30.3 Å². The Kier molecular flexibility index (Phi) is 8.41. The van der Waals surface area contributed by atoms with Crippen molar-refractivity contribution in [2.45, 2.75) is 38.9 Å². The highest BCUT2D eigenvalue weighted by Gasteiger charge is 2.17. The van der Waals surface area contributed by atoms with Crippen molar-refractivity contribution in [1.82, 2.24) is 16.2 Å². The fourth-order valence-electron chi connectivity index (χ4n) is 2.12. The molecule has 0 heterocycles. The van der Waals surface area contributed by atoms with E-state index in [1.165, 1.54) is 5.56 Å². The second-order valence-corrected chi connectivity index (χ2v) is 5.36. The minimum absolute atomic E-state index is 0.00478. The first-order valence-electron chi connectivity index (χ1n) is 7.24. The summed E-state index contributed by atoms with van der Waals surface area (Å²) in [6.07, 6.45) is 0.827. The molecule has 0 amide bonds. The van der Waals surface area contributed by atoms with Crippen LogP contribution in [-0.2, 0) is 6.54 Å². The van der Waals surface area contributed by atoms with Crippen LogP contribution in [0, 0.1) is 5.92 Å². The number of aliphatic hydroxyl groups is 1. The van der Waals surface area contributed by atoms with Crippen molar-refractivity contribution in [3.8, 4) is 0 Å². The van der Waals surface area contributed by atoms with Crippen LogP contribution in [-0.4, -0.2) is 30.5 Å². The Morgan fingerprint density at radius 2 is 1.90 bits per heavy atom. The van der Waals surface area contributed by atoms with Crippen molar-refractivity contribution in [3.05, 3.63) is 35.9 Å². The molecule has 0 aliphatic rings. The van der Waals surface area contributed by atoms with E-state index in [0.29, 0.717) is 18.6 Å². The summed E-state index contributed by atoms with van der Waals surface area (Å²) in [7, 11) is 0. The molecule has 1 aromatic carbocycles. The summed E-state index contributed by atoms with van der Waals surface area (Å²) < 4.78 is 0. The monoisotopic (exact) mass is 280 g/mol. The molecule has 0 bridgehead atoms. The van der Waals surface area contributed by atoms with E-state index in [9.17, 15) is 5.11 Å². The molecule has 0 aromatic heterocycles. The zero-order valence-electron chi connectivity index (χ0n) is 12.5. The van der Waals surface area contributed by atoms with Crippen molar-refractivity contribution in [2.24, 2.45) is 11.7 Å². The van der Waals surface area contributed by atoms with Gasteiger partial charge in [-0.15, -0.1) is 0 Å². The summed E-state index contributed by atoms with van der Waals surface area (Å²) >= 11 is 0. The van der Waals surface area contributed by atoms with Crippen LogP contribution in [0.4, 0.5) is 0 Å². The number of aliphatic hydroxyl groups excluding tert-OH is 1. The maximum absolute atomic E-state index is 9.46. The van der Waals surface area contributed by atoms with Gasteiger partial charge in [-0.25, -0.2) is 0 Å². The average molecular weight is 280 g/mol. The highest BCUT2D eigenvalue weighted by molar-refractivity contribution is 5.14. The molecule has 1 unspecified atom stereocenters. The second-order valence-electron chi connectivity index (χ2n) is 5.36. The lowest BCUT2D eigenvalue weighted by Crippen LogP contribution is -2.48. The van der Waals surface area contributed by atoms with Crippen LogP contribution in [0.3, 0.4) is 0 Å². The maximum Gasteiger partial charge on any atom is 0.0598 e. The molecule has 1 rings (SSSR count). The summed E-state index contributed by atoms with van der Waals surface area (Å²) in [4.78, 5) is 0. The minimum atomic E-state index is 0.00478. The molecule has 0 fully saturated rings. The Morgan fingerprint density at radius 1 is 1.20 bits per heavy atom. The van der Waals surface area contributed by atoms with Gasteiger partial charge in [-0.05, 0) is 17.9 Å². The van der Waals surface area contributed by atoms with E-state index in [1.54, 1.807) is 0 Å². The number of rotatable bonds is 10. The van der Waals surface area contributed by atoms with E-state index >= 15 is 0 Å². The molecule has 0 saturated heterocycles. The molecule has 0 spiro atoms. The van der Waals surface area contributed by atoms with Gasteiger partial charge in [0.2, 0.25) is 0 Å². The molecular formula is C15H28N4O. The van der Waals surface area contributed by atoms with Crippen LogP contribution in [0.2, 0.25) is 0 Å². The van der Waals surface area contributed by atoms with Crippen LogP contribution in [0.5, 0.6) is 0 Å². The summed E-state index contributed by atoms with van der Waals surface area (Å²) in [5.74, 6) is 0.475. The predicted molar refractivity (Wildman–Crippen MR) is 82.7 cm³/mol. The quantitative estimate of drug-likeness (QED) is 0.320. The van der Waals surface area contributed by atoms with E-state index in [4.69, 9.17) is 5.73 Å². The standard InChI is InChI=1S/C15H28N4O/c1-12(2)15(17-11-16)8-14(10-20)19-18-9-13-6-4-3-5-7-13/h3-7,12,14-15,17-20H,8-11,16H2,1-2H3/t14-,15?/m1/s1.